The first-order chi connectivity index (χ1) is 9.22. The topological polar surface area (TPSA) is 78.6 Å². The van der Waals surface area contributed by atoms with Gasteiger partial charge in [-0.05, 0) is 12.0 Å². The molecule has 20 heavy (non-hydrogen) atoms. The fourth-order valence-electron chi connectivity index (χ4n) is 2.49. The fraction of sp³-hybridized carbons (Fsp3) is 0.538. The van der Waals surface area contributed by atoms with Crippen molar-refractivity contribution in [2.24, 2.45) is 0 Å². The molecular formula is C13H20ClN3O3. The quantitative estimate of drug-likeness (QED) is 0.634. The highest BCUT2D eigenvalue weighted by Gasteiger charge is 2.22. The monoisotopic (exact) mass is 301 g/mol. The molecule has 1 aliphatic heterocycles. The summed E-state index contributed by atoms with van der Waals surface area (Å²) in [6, 6.07) is 6.78. The molecule has 0 aliphatic carbocycles. The van der Waals surface area contributed by atoms with Gasteiger partial charge in [-0.15, -0.1) is 12.4 Å². The van der Waals surface area contributed by atoms with Crippen LogP contribution in [0.4, 0.5) is 5.69 Å². The molecule has 1 aromatic carbocycles. The first-order valence-electron chi connectivity index (χ1n) is 6.52. The van der Waals surface area contributed by atoms with Gasteiger partial charge >= 0.3 is 0 Å². The molecule has 0 amide bonds. The maximum atomic E-state index is 10.7. The number of non-ortho nitro benzene ring substituents is 1. The number of nitrogens with zero attached hydrogens (tertiary/aromatic N) is 2. The smallest absolute Gasteiger partial charge is 0.269 e. The largest absolute Gasteiger partial charge is 0.396 e. The Labute approximate surface area is 124 Å². The zero-order chi connectivity index (χ0) is 13.7. The molecule has 1 fully saturated rings. The first-order valence-corrected chi connectivity index (χ1v) is 6.52. The first kappa shape index (κ1) is 16.8. The van der Waals surface area contributed by atoms with E-state index in [9.17, 15) is 15.2 Å². The van der Waals surface area contributed by atoms with Crippen LogP contribution < -0.4 is 5.32 Å². The van der Waals surface area contributed by atoms with Gasteiger partial charge in [0.05, 0.1) is 4.92 Å². The summed E-state index contributed by atoms with van der Waals surface area (Å²) in [6.45, 7) is 3.86. The van der Waals surface area contributed by atoms with E-state index in [-0.39, 0.29) is 30.7 Å². The molecule has 0 saturated carbocycles. The van der Waals surface area contributed by atoms with E-state index < -0.39 is 4.92 Å². The highest BCUT2D eigenvalue weighted by molar-refractivity contribution is 5.85. The molecule has 1 heterocycles. The Balaban J connectivity index is 0.00000200. The van der Waals surface area contributed by atoms with Crippen LogP contribution in [0.15, 0.2) is 24.3 Å². The predicted molar refractivity (Wildman–Crippen MR) is 79.2 cm³/mol. The average molecular weight is 302 g/mol. The van der Waals surface area contributed by atoms with Gasteiger partial charge in [0.2, 0.25) is 0 Å². The Hall–Kier alpha value is -1.21. The minimum absolute atomic E-state index is 0. The van der Waals surface area contributed by atoms with Crippen LogP contribution in [0.2, 0.25) is 0 Å². The Kier molecular flexibility index (Phi) is 6.87. The van der Waals surface area contributed by atoms with E-state index in [1.54, 1.807) is 12.1 Å². The van der Waals surface area contributed by atoms with Crippen molar-refractivity contribution in [3.63, 3.8) is 0 Å². The lowest BCUT2D eigenvalue weighted by molar-refractivity contribution is -0.384. The van der Waals surface area contributed by atoms with Crippen molar-refractivity contribution in [3.8, 4) is 0 Å². The third-order valence-electron chi connectivity index (χ3n) is 3.48. The summed E-state index contributed by atoms with van der Waals surface area (Å²) in [5.41, 5.74) is 1.13. The summed E-state index contributed by atoms with van der Waals surface area (Å²) in [4.78, 5) is 12.6. The number of aliphatic hydroxyl groups excluding tert-OH is 1. The van der Waals surface area contributed by atoms with Gasteiger partial charge in [0.25, 0.3) is 5.69 Å². The van der Waals surface area contributed by atoms with Crippen LogP contribution in [0.5, 0.6) is 0 Å². The number of nitro groups is 1. The zero-order valence-electron chi connectivity index (χ0n) is 11.2. The van der Waals surface area contributed by atoms with Crippen molar-refractivity contribution in [1.82, 2.24) is 10.2 Å². The summed E-state index contributed by atoms with van der Waals surface area (Å²) >= 11 is 0. The maximum absolute atomic E-state index is 10.7. The van der Waals surface area contributed by atoms with Crippen LogP contribution in [-0.2, 0) is 0 Å². The lowest BCUT2D eigenvalue weighted by atomic mass is 10.0. The second-order valence-corrected chi connectivity index (χ2v) is 4.66. The van der Waals surface area contributed by atoms with Crippen LogP contribution in [-0.4, -0.2) is 47.7 Å². The van der Waals surface area contributed by atoms with Crippen molar-refractivity contribution in [1.29, 1.82) is 0 Å². The summed E-state index contributed by atoms with van der Waals surface area (Å²) in [7, 11) is 0. The van der Waals surface area contributed by atoms with Gasteiger partial charge in [0.15, 0.2) is 0 Å². The lowest BCUT2D eigenvalue weighted by Gasteiger charge is -2.35. The van der Waals surface area contributed by atoms with Crippen LogP contribution in [0.3, 0.4) is 0 Å². The standard InChI is InChI=1S/C13H19N3O3.ClH/c17-10-5-13(15-8-6-14-7-9-15)11-1-3-12(4-2-11)16(18)19;/h1-4,13-14,17H,5-10H2;1H/t13-;/m0./s1. The number of aliphatic hydroxyl groups is 1. The molecule has 0 unspecified atom stereocenters. The number of nitro benzene ring substituents is 1. The number of rotatable bonds is 5. The molecule has 1 atom stereocenters. The second-order valence-electron chi connectivity index (χ2n) is 4.66. The molecule has 1 aliphatic rings. The van der Waals surface area contributed by atoms with E-state index in [0.29, 0.717) is 6.42 Å². The molecular weight excluding hydrogens is 282 g/mol. The molecule has 0 bridgehead atoms. The van der Waals surface area contributed by atoms with Crippen molar-refractivity contribution >= 4 is 18.1 Å². The van der Waals surface area contributed by atoms with Crippen LogP contribution in [0.25, 0.3) is 0 Å². The van der Waals surface area contributed by atoms with E-state index >= 15 is 0 Å². The van der Waals surface area contributed by atoms with Crippen LogP contribution >= 0.6 is 12.4 Å². The third kappa shape index (κ3) is 4.14. The van der Waals surface area contributed by atoms with E-state index in [4.69, 9.17) is 0 Å². The Morgan fingerprint density at radius 1 is 1.30 bits per heavy atom. The van der Waals surface area contributed by atoms with Gasteiger partial charge in [0.1, 0.15) is 0 Å². The molecule has 2 N–H and O–H groups in total. The van der Waals surface area contributed by atoms with Crippen molar-refractivity contribution < 1.29 is 10.0 Å². The zero-order valence-corrected chi connectivity index (χ0v) is 12.0. The second kappa shape index (κ2) is 8.16. The number of benzene rings is 1. The van der Waals surface area contributed by atoms with Gasteiger partial charge in [-0.25, -0.2) is 0 Å². The molecule has 1 saturated heterocycles. The average Bonchev–Trinajstić information content (AvgIpc) is 2.46. The lowest BCUT2D eigenvalue weighted by Crippen LogP contribution is -2.45. The van der Waals surface area contributed by atoms with Crippen LogP contribution in [0, 0.1) is 10.1 Å². The van der Waals surface area contributed by atoms with Gasteiger partial charge < -0.3 is 10.4 Å². The van der Waals surface area contributed by atoms with Gasteiger partial charge in [-0.1, -0.05) is 12.1 Å². The minimum atomic E-state index is -0.393. The molecule has 2 rings (SSSR count). The van der Waals surface area contributed by atoms with E-state index in [1.807, 2.05) is 0 Å². The Morgan fingerprint density at radius 3 is 2.40 bits per heavy atom. The molecule has 7 heteroatoms. The molecule has 1 aromatic rings. The fourth-order valence-corrected chi connectivity index (χ4v) is 2.49. The van der Waals surface area contributed by atoms with E-state index in [2.05, 4.69) is 10.2 Å². The Morgan fingerprint density at radius 2 is 1.90 bits per heavy atom. The number of piperazine rings is 1. The summed E-state index contributed by atoms with van der Waals surface area (Å²) < 4.78 is 0. The summed E-state index contributed by atoms with van der Waals surface area (Å²) in [6.07, 6.45) is 0.651. The SMILES string of the molecule is Cl.O=[N+]([O-])c1ccc([C@H](CCO)N2CCNCC2)cc1. The Bertz CT molecular complexity index is 421. The highest BCUT2D eigenvalue weighted by atomic mass is 35.5. The molecule has 112 valence electrons. The molecule has 0 spiro atoms. The normalized spacial score (nSPS) is 17.2. The van der Waals surface area contributed by atoms with Gasteiger partial charge in [-0.3, -0.25) is 15.0 Å². The number of hydrogen-bond acceptors (Lipinski definition) is 5. The number of nitrogens with one attached hydrogen (secondary N) is 1. The van der Waals surface area contributed by atoms with E-state index in [1.165, 1.54) is 12.1 Å². The van der Waals surface area contributed by atoms with Gasteiger partial charge in [0, 0.05) is 51.0 Å². The summed E-state index contributed by atoms with van der Waals surface area (Å²) in [5, 5.41) is 23.2. The van der Waals surface area contributed by atoms with E-state index in [0.717, 1.165) is 31.7 Å². The van der Waals surface area contributed by atoms with Crippen molar-refractivity contribution in [3.05, 3.63) is 39.9 Å². The number of halogens is 1. The minimum Gasteiger partial charge on any atom is -0.396 e. The van der Waals surface area contributed by atoms with Crippen molar-refractivity contribution in [2.75, 3.05) is 32.8 Å². The number of hydrogen-bond donors (Lipinski definition) is 2. The molecule has 6 nitrogen and oxygen atoms in total. The third-order valence-corrected chi connectivity index (χ3v) is 3.48. The molecule has 0 radical (unpaired) electrons. The predicted octanol–water partition coefficient (Wildman–Crippen LogP) is 1.35. The highest BCUT2D eigenvalue weighted by Crippen LogP contribution is 2.26. The molecule has 0 aromatic heterocycles. The van der Waals surface area contributed by atoms with Gasteiger partial charge in [-0.2, -0.15) is 0 Å². The van der Waals surface area contributed by atoms with Crippen molar-refractivity contribution in [2.45, 2.75) is 12.5 Å². The summed E-state index contributed by atoms with van der Waals surface area (Å²) in [5.74, 6) is 0. The van der Waals surface area contributed by atoms with Crippen LogP contribution in [0.1, 0.15) is 18.0 Å². The maximum Gasteiger partial charge on any atom is 0.269 e.